The molecule has 0 unspecified atom stereocenters. The minimum atomic E-state index is 0.768. The van der Waals surface area contributed by atoms with E-state index in [1.54, 1.807) is 6.08 Å². The summed E-state index contributed by atoms with van der Waals surface area (Å²) in [4.78, 5) is 0. The van der Waals surface area contributed by atoms with Crippen molar-refractivity contribution in [2.24, 2.45) is 0 Å². The molecule has 0 amide bonds. The van der Waals surface area contributed by atoms with Crippen LogP contribution in [0, 0.1) is 6.58 Å². The molecule has 0 fully saturated rings. The Bertz CT molecular complexity index is 50.3. The molecule has 0 aliphatic carbocycles. The fourth-order valence-corrected chi connectivity index (χ4v) is 0.398. The van der Waals surface area contributed by atoms with E-state index in [-0.39, 0.29) is 0 Å². The summed E-state index contributed by atoms with van der Waals surface area (Å²) >= 11 is 0. The molecule has 8 heavy (non-hydrogen) atoms. The van der Waals surface area contributed by atoms with E-state index in [4.69, 9.17) is 11.3 Å². The van der Waals surface area contributed by atoms with Gasteiger partial charge in [0.2, 0.25) is 0 Å². The number of ether oxygens (including phenoxy) is 1. The predicted molar refractivity (Wildman–Crippen MR) is 34.6 cm³/mol. The third-order valence-electron chi connectivity index (χ3n) is 0.777. The highest BCUT2D eigenvalue weighted by Crippen LogP contribution is 1.83. The van der Waals surface area contributed by atoms with Crippen molar-refractivity contribution in [2.75, 3.05) is 13.2 Å². The van der Waals surface area contributed by atoms with E-state index >= 15 is 0 Å². The van der Waals surface area contributed by atoms with E-state index in [2.05, 4.69) is 6.92 Å². The highest BCUT2D eigenvalue weighted by Gasteiger charge is 1.79. The molecule has 0 heterocycles. The lowest BCUT2D eigenvalue weighted by Gasteiger charge is -1.96. The van der Waals surface area contributed by atoms with Crippen molar-refractivity contribution in [3.8, 4) is 0 Å². The summed E-state index contributed by atoms with van der Waals surface area (Å²) in [6.45, 7) is 8.82. The van der Waals surface area contributed by atoms with Crippen molar-refractivity contribution in [3.05, 3.63) is 12.7 Å². The second-order valence-electron chi connectivity index (χ2n) is 1.64. The molecule has 0 aromatic rings. The molecule has 1 radical (unpaired) electrons. The lowest BCUT2D eigenvalue weighted by Crippen LogP contribution is -1.92. The van der Waals surface area contributed by atoms with E-state index in [0.29, 0.717) is 0 Å². The summed E-state index contributed by atoms with van der Waals surface area (Å²) in [5.74, 6) is 0. The van der Waals surface area contributed by atoms with Gasteiger partial charge in [-0.05, 0) is 12.8 Å². The Morgan fingerprint density at radius 3 is 2.75 bits per heavy atom. The lowest BCUT2D eigenvalue weighted by atomic mass is 10.4. The van der Waals surface area contributed by atoms with Crippen LogP contribution in [0.3, 0.4) is 0 Å². The van der Waals surface area contributed by atoms with E-state index in [9.17, 15) is 0 Å². The van der Waals surface area contributed by atoms with Gasteiger partial charge in [-0.2, -0.15) is 0 Å². The largest absolute Gasteiger partial charge is 0.381 e. The topological polar surface area (TPSA) is 9.23 Å². The Kier molecular flexibility index (Phi) is 6.45. The molecule has 0 spiro atoms. The van der Waals surface area contributed by atoms with Crippen molar-refractivity contribution in [2.45, 2.75) is 19.8 Å². The number of rotatable bonds is 5. The zero-order chi connectivity index (χ0) is 6.24. The Hall–Kier alpha value is -0.300. The molecule has 0 aliphatic rings. The molecule has 0 aromatic heterocycles. The van der Waals surface area contributed by atoms with Crippen molar-refractivity contribution in [1.82, 2.24) is 0 Å². The molecule has 1 heteroatoms. The Morgan fingerprint density at radius 2 is 2.25 bits per heavy atom. The van der Waals surface area contributed by atoms with Gasteiger partial charge in [0.05, 0.1) is 6.61 Å². The second kappa shape index (κ2) is 6.70. The maximum absolute atomic E-state index is 5.11. The van der Waals surface area contributed by atoms with E-state index < -0.39 is 0 Å². The van der Waals surface area contributed by atoms with Crippen LogP contribution in [-0.2, 0) is 4.74 Å². The van der Waals surface area contributed by atoms with Crippen LogP contribution in [0.5, 0.6) is 0 Å². The minimum absolute atomic E-state index is 0.768. The molecule has 0 aromatic carbocycles. The summed E-state index contributed by atoms with van der Waals surface area (Å²) in [6, 6.07) is 0. The van der Waals surface area contributed by atoms with Crippen LogP contribution in [0.25, 0.3) is 0 Å². The van der Waals surface area contributed by atoms with Gasteiger partial charge in [-0.3, -0.25) is 0 Å². The van der Waals surface area contributed by atoms with Gasteiger partial charge >= 0.3 is 0 Å². The third-order valence-corrected chi connectivity index (χ3v) is 0.777. The summed E-state index contributed by atoms with van der Waals surface area (Å²) in [5, 5.41) is 0. The molecular weight excluding hydrogens is 100 g/mol. The van der Waals surface area contributed by atoms with Crippen LogP contribution in [-0.4, -0.2) is 13.2 Å². The van der Waals surface area contributed by atoms with E-state index in [1.165, 1.54) is 0 Å². The minimum Gasteiger partial charge on any atom is -0.381 e. The normalized spacial score (nSPS) is 9.12. The smallest absolute Gasteiger partial charge is 0.0500 e. The Balaban J connectivity index is 2.62. The van der Waals surface area contributed by atoms with Crippen molar-refractivity contribution in [1.29, 1.82) is 0 Å². The summed E-state index contributed by atoms with van der Waals surface area (Å²) in [6.07, 6.45) is 3.57. The fourth-order valence-electron chi connectivity index (χ4n) is 0.398. The van der Waals surface area contributed by atoms with Gasteiger partial charge < -0.3 is 4.74 Å². The summed E-state index contributed by atoms with van der Waals surface area (Å²) in [7, 11) is 0. The van der Waals surface area contributed by atoms with Gasteiger partial charge in [0.25, 0.3) is 0 Å². The third kappa shape index (κ3) is 5.70. The molecular formula is C7H13O. The molecule has 0 atom stereocenters. The molecule has 0 saturated carbocycles. The first-order chi connectivity index (χ1) is 3.91. The summed E-state index contributed by atoms with van der Waals surface area (Å²) < 4.78 is 5.11. The molecule has 0 bridgehead atoms. The van der Waals surface area contributed by atoms with Gasteiger partial charge in [-0.15, -0.1) is 0 Å². The van der Waals surface area contributed by atoms with Crippen LogP contribution in [0.4, 0.5) is 0 Å². The van der Waals surface area contributed by atoms with Crippen molar-refractivity contribution < 1.29 is 4.74 Å². The first-order valence-electron chi connectivity index (χ1n) is 3.03. The van der Waals surface area contributed by atoms with E-state index in [0.717, 1.165) is 26.1 Å². The van der Waals surface area contributed by atoms with Crippen molar-refractivity contribution >= 4 is 0 Å². The zero-order valence-corrected chi connectivity index (χ0v) is 5.39. The summed E-state index contributed by atoms with van der Waals surface area (Å²) in [5.41, 5.74) is 0. The maximum Gasteiger partial charge on any atom is 0.0500 e. The van der Waals surface area contributed by atoms with Gasteiger partial charge in [-0.1, -0.05) is 19.6 Å². The van der Waals surface area contributed by atoms with Gasteiger partial charge in [0, 0.05) is 6.61 Å². The van der Waals surface area contributed by atoms with Crippen molar-refractivity contribution in [3.63, 3.8) is 0 Å². The lowest BCUT2D eigenvalue weighted by molar-refractivity contribution is 0.139. The maximum atomic E-state index is 5.11. The van der Waals surface area contributed by atoms with Gasteiger partial charge in [-0.25, -0.2) is 0 Å². The number of hydrogen-bond donors (Lipinski definition) is 0. The van der Waals surface area contributed by atoms with Crippen LogP contribution >= 0.6 is 0 Å². The Labute approximate surface area is 51.4 Å². The molecule has 1 nitrogen and oxygen atoms in total. The second-order valence-corrected chi connectivity index (χ2v) is 1.64. The standard InChI is InChI=1S/C7H13O/c1-3-5-7-8-6-4-2/h1,3H,4-7H2,2H3. The molecule has 0 aliphatic heterocycles. The van der Waals surface area contributed by atoms with E-state index in [1.807, 2.05) is 0 Å². The zero-order valence-electron chi connectivity index (χ0n) is 5.39. The molecule has 0 saturated heterocycles. The first kappa shape index (κ1) is 7.70. The molecule has 0 N–H and O–H groups in total. The Morgan fingerprint density at radius 1 is 1.50 bits per heavy atom. The highest BCUT2D eigenvalue weighted by molar-refractivity contribution is 4.60. The van der Waals surface area contributed by atoms with Gasteiger partial charge in [0.15, 0.2) is 0 Å². The average molecular weight is 113 g/mol. The van der Waals surface area contributed by atoms with Crippen LogP contribution < -0.4 is 0 Å². The monoisotopic (exact) mass is 113 g/mol. The number of hydrogen-bond acceptors (Lipinski definition) is 1. The average Bonchev–Trinajstić information content (AvgIpc) is 1.81. The molecule has 0 rings (SSSR count). The first-order valence-corrected chi connectivity index (χ1v) is 3.03. The highest BCUT2D eigenvalue weighted by atomic mass is 16.5. The van der Waals surface area contributed by atoms with Crippen LogP contribution in [0.1, 0.15) is 19.8 Å². The quantitative estimate of drug-likeness (QED) is 0.494. The van der Waals surface area contributed by atoms with Gasteiger partial charge in [0.1, 0.15) is 0 Å². The predicted octanol–water partition coefficient (Wildman–Crippen LogP) is 1.79. The molecule has 47 valence electrons. The fraction of sp³-hybridized carbons (Fsp3) is 0.714. The van der Waals surface area contributed by atoms with Crippen LogP contribution in [0.15, 0.2) is 6.08 Å². The van der Waals surface area contributed by atoms with Crippen LogP contribution in [0.2, 0.25) is 0 Å². The SMILES string of the molecule is [CH]=CCCOCCC.